The summed E-state index contributed by atoms with van der Waals surface area (Å²) < 4.78 is 0. The predicted octanol–water partition coefficient (Wildman–Crippen LogP) is 4.03. The van der Waals surface area contributed by atoms with Crippen LogP contribution in [0.3, 0.4) is 0 Å². The molecule has 6 heteroatoms. The summed E-state index contributed by atoms with van der Waals surface area (Å²) >= 11 is 0. The van der Waals surface area contributed by atoms with Gasteiger partial charge in [-0.05, 0) is 31.1 Å². The summed E-state index contributed by atoms with van der Waals surface area (Å²) in [5, 5.41) is 0. The lowest BCUT2D eigenvalue weighted by molar-refractivity contribution is -0.140. The van der Waals surface area contributed by atoms with Crippen molar-refractivity contribution in [2.75, 3.05) is 14.1 Å². The van der Waals surface area contributed by atoms with Crippen molar-refractivity contribution in [1.29, 1.82) is 0 Å². The minimum atomic E-state index is -1.25. The van der Waals surface area contributed by atoms with Crippen LogP contribution in [0.25, 0.3) is 0 Å². The van der Waals surface area contributed by atoms with Crippen molar-refractivity contribution in [3.63, 3.8) is 0 Å². The second kappa shape index (κ2) is 13.0. The lowest BCUT2D eigenvalue weighted by atomic mass is 9.85. The van der Waals surface area contributed by atoms with Gasteiger partial charge in [0.05, 0.1) is 0 Å². The monoisotopic (exact) mass is 432 g/mol. The molecule has 0 saturated carbocycles. The van der Waals surface area contributed by atoms with Gasteiger partial charge < -0.3 is 19.4 Å². The van der Waals surface area contributed by atoms with Gasteiger partial charge in [-0.25, -0.2) is 0 Å². The van der Waals surface area contributed by atoms with Crippen molar-refractivity contribution in [2.24, 2.45) is 23.7 Å². The van der Waals surface area contributed by atoms with Gasteiger partial charge in [0.25, 0.3) is 5.91 Å². The molecule has 3 atom stereocenters. The van der Waals surface area contributed by atoms with Gasteiger partial charge in [-0.3, -0.25) is 9.59 Å². The lowest BCUT2D eigenvalue weighted by Crippen LogP contribution is -2.52. The van der Waals surface area contributed by atoms with Crippen LogP contribution in [-0.2, 0) is 19.2 Å². The zero-order valence-corrected chi connectivity index (χ0v) is 20.3. The van der Waals surface area contributed by atoms with Gasteiger partial charge in [0.15, 0.2) is 0 Å². The summed E-state index contributed by atoms with van der Waals surface area (Å²) in [5.41, 5.74) is -1.26. The van der Waals surface area contributed by atoms with Gasteiger partial charge >= 0.3 is 0 Å². The molecule has 0 spiro atoms. The molecule has 0 radical (unpaired) electrons. The van der Waals surface area contributed by atoms with E-state index in [2.05, 4.69) is 13.2 Å². The molecule has 6 nitrogen and oxygen atoms in total. The van der Waals surface area contributed by atoms with E-state index in [9.17, 15) is 19.2 Å². The van der Waals surface area contributed by atoms with E-state index in [1.54, 1.807) is 18.2 Å². The van der Waals surface area contributed by atoms with E-state index >= 15 is 0 Å². The fourth-order valence-corrected chi connectivity index (χ4v) is 3.42. The van der Waals surface area contributed by atoms with Crippen molar-refractivity contribution >= 4 is 24.4 Å². The molecule has 0 fully saturated rings. The third kappa shape index (κ3) is 7.60. The Balaban J connectivity index is 5.97. The Morgan fingerprint density at radius 2 is 1.68 bits per heavy atom. The second-order valence-corrected chi connectivity index (χ2v) is 8.86. The molecule has 0 N–H and O–H groups in total. The largest absolute Gasteiger partial charge is 0.324 e. The predicted molar refractivity (Wildman–Crippen MR) is 125 cm³/mol. The summed E-state index contributed by atoms with van der Waals surface area (Å²) in [6.07, 6.45) is 8.06. The van der Waals surface area contributed by atoms with Crippen LogP contribution in [0.1, 0.15) is 53.9 Å². The molecule has 2 amide bonds. The van der Waals surface area contributed by atoms with Crippen LogP contribution in [0.4, 0.5) is 0 Å². The molecule has 0 aliphatic heterocycles. The van der Waals surface area contributed by atoms with Crippen LogP contribution in [0, 0.1) is 23.7 Å². The van der Waals surface area contributed by atoms with E-state index < -0.39 is 11.4 Å². The first-order valence-corrected chi connectivity index (χ1v) is 10.9. The first-order chi connectivity index (χ1) is 14.4. The van der Waals surface area contributed by atoms with Crippen LogP contribution in [0.15, 0.2) is 37.1 Å². The molecule has 0 aromatic heterocycles. The number of aldehydes is 2. The first-order valence-electron chi connectivity index (χ1n) is 10.9. The number of nitrogens with zero attached hydrogens (tertiary/aromatic N) is 2. The number of hydrogen-bond acceptors (Lipinski definition) is 4. The summed E-state index contributed by atoms with van der Waals surface area (Å²) in [5.74, 6) is -1.23. The molecule has 0 saturated heterocycles. The molecule has 0 aromatic rings. The third-order valence-corrected chi connectivity index (χ3v) is 5.68. The number of allylic oxidation sites excluding steroid dienone is 2. The second-order valence-electron chi connectivity index (χ2n) is 8.86. The Labute approximate surface area is 188 Å². The molecule has 0 aliphatic rings. The van der Waals surface area contributed by atoms with E-state index in [1.807, 2.05) is 34.6 Å². The van der Waals surface area contributed by atoms with E-state index in [0.717, 1.165) is 12.6 Å². The number of hydrogen-bond donors (Lipinski definition) is 0. The van der Waals surface area contributed by atoms with E-state index in [1.165, 1.54) is 23.9 Å². The van der Waals surface area contributed by atoms with E-state index in [0.29, 0.717) is 19.3 Å². The number of carbonyl (C=O) groups excluding carboxylic acids is 4. The molecule has 0 heterocycles. The van der Waals surface area contributed by atoms with E-state index in [-0.39, 0.29) is 35.3 Å². The standard InChI is InChI=1S/C25H40N2O4/c1-10-12-21(11-2)24(31)26(8)20(7)23(30)27(9)25(17-29,15-18(3)4)14-13-22(16-28)19(5)6/h10,13-14,16-19,21-22H,1,7,11-12,15H2,2-6,8-9H3/b14-13+. The quantitative estimate of drug-likeness (QED) is 0.236. The van der Waals surface area contributed by atoms with Crippen molar-refractivity contribution < 1.29 is 19.2 Å². The van der Waals surface area contributed by atoms with Crippen LogP contribution in [0.5, 0.6) is 0 Å². The zero-order valence-electron chi connectivity index (χ0n) is 20.3. The van der Waals surface area contributed by atoms with Gasteiger partial charge in [0, 0.05) is 25.9 Å². The van der Waals surface area contributed by atoms with Crippen molar-refractivity contribution in [3.8, 4) is 0 Å². The molecule has 0 aliphatic carbocycles. The normalized spacial score (nSPS) is 15.3. The summed E-state index contributed by atoms with van der Waals surface area (Å²) in [6.45, 7) is 17.2. The minimum Gasteiger partial charge on any atom is -0.324 e. The molecule has 31 heavy (non-hydrogen) atoms. The average molecular weight is 433 g/mol. The Morgan fingerprint density at radius 3 is 2.06 bits per heavy atom. The van der Waals surface area contributed by atoms with E-state index in [4.69, 9.17) is 0 Å². The van der Waals surface area contributed by atoms with Crippen LogP contribution in [-0.4, -0.2) is 53.8 Å². The van der Waals surface area contributed by atoms with Gasteiger partial charge in [0.2, 0.25) is 5.91 Å². The fraction of sp³-hybridized carbons (Fsp3) is 0.600. The summed E-state index contributed by atoms with van der Waals surface area (Å²) in [6, 6.07) is 0. The Bertz CT molecular complexity index is 696. The molecular formula is C25H40N2O4. The molecule has 174 valence electrons. The fourth-order valence-electron chi connectivity index (χ4n) is 3.42. The molecule has 0 aromatic carbocycles. The highest BCUT2D eigenvalue weighted by atomic mass is 16.2. The highest BCUT2D eigenvalue weighted by Crippen LogP contribution is 2.27. The topological polar surface area (TPSA) is 74.8 Å². The summed E-state index contributed by atoms with van der Waals surface area (Å²) in [4.78, 5) is 52.3. The molecule has 0 bridgehead atoms. The Kier molecular flexibility index (Phi) is 12.0. The van der Waals surface area contributed by atoms with Crippen LogP contribution < -0.4 is 0 Å². The van der Waals surface area contributed by atoms with Gasteiger partial charge in [-0.2, -0.15) is 0 Å². The number of carbonyl (C=O) groups is 4. The maximum Gasteiger partial charge on any atom is 0.270 e. The third-order valence-electron chi connectivity index (χ3n) is 5.68. The summed E-state index contributed by atoms with van der Waals surface area (Å²) in [7, 11) is 3.05. The van der Waals surface area contributed by atoms with Crippen LogP contribution in [0.2, 0.25) is 0 Å². The maximum absolute atomic E-state index is 13.2. The van der Waals surface area contributed by atoms with Crippen molar-refractivity contribution in [2.45, 2.75) is 59.4 Å². The number of rotatable bonds is 14. The first kappa shape index (κ1) is 28.5. The van der Waals surface area contributed by atoms with Crippen LogP contribution >= 0.6 is 0 Å². The SMILES string of the molecule is C=CCC(CC)C(=O)N(C)C(=C)C(=O)N(C)C(C=O)(/C=C/C(C=O)C(C)C)CC(C)C. The smallest absolute Gasteiger partial charge is 0.270 e. The molecular weight excluding hydrogens is 392 g/mol. The molecule has 0 rings (SSSR count). The molecule has 3 unspecified atom stereocenters. The minimum absolute atomic E-state index is 0.00538. The van der Waals surface area contributed by atoms with Gasteiger partial charge in [-0.15, -0.1) is 6.58 Å². The van der Waals surface area contributed by atoms with Gasteiger partial charge in [-0.1, -0.05) is 59.4 Å². The highest BCUT2D eigenvalue weighted by Gasteiger charge is 2.38. The number of likely N-dealkylation sites (N-methyl/N-ethyl adjacent to an activating group) is 2. The maximum atomic E-state index is 13.2. The Hall–Kier alpha value is -2.50. The Morgan fingerprint density at radius 1 is 1.10 bits per heavy atom. The zero-order chi connectivity index (χ0) is 24.4. The average Bonchev–Trinajstić information content (AvgIpc) is 2.73. The highest BCUT2D eigenvalue weighted by molar-refractivity contribution is 5.99. The lowest BCUT2D eigenvalue weighted by Gasteiger charge is -2.38. The van der Waals surface area contributed by atoms with Crippen molar-refractivity contribution in [3.05, 3.63) is 37.1 Å². The van der Waals surface area contributed by atoms with Gasteiger partial charge in [0.1, 0.15) is 23.8 Å². The van der Waals surface area contributed by atoms with Crippen molar-refractivity contribution in [1.82, 2.24) is 9.80 Å². The number of amides is 2.